The first-order valence-corrected chi connectivity index (χ1v) is 8.15. The van der Waals surface area contributed by atoms with Gasteiger partial charge in [0, 0.05) is 24.4 Å². The average Bonchev–Trinajstić information content (AvgIpc) is 3.25. The van der Waals surface area contributed by atoms with E-state index in [0.29, 0.717) is 24.8 Å². The summed E-state index contributed by atoms with van der Waals surface area (Å²) in [5, 5.41) is 2.80. The molecule has 6 heteroatoms. The molecule has 1 heterocycles. The maximum Gasteiger partial charge on any atom is 0.273 e. The number of nitrogens with zero attached hydrogens (tertiary/aromatic N) is 2. The fourth-order valence-electron chi connectivity index (χ4n) is 2.33. The normalized spacial score (nSPS) is 13.5. The van der Waals surface area contributed by atoms with Crippen LogP contribution in [-0.4, -0.2) is 28.4 Å². The van der Waals surface area contributed by atoms with E-state index in [1.54, 1.807) is 0 Å². The molecular formula is C16H20ClN3OS. The standard InChI is InChI=1S/C16H19N3OS.ClH/c17-9-8-15-18-14(11-21-15)16(20)19(13-6-7-13)10-12-4-2-1-3-5-12;/h1-5,11,13H,6-10,17H2;1H. The summed E-state index contributed by atoms with van der Waals surface area (Å²) in [7, 11) is 0. The van der Waals surface area contributed by atoms with Crippen LogP contribution in [0.25, 0.3) is 0 Å². The number of aromatic nitrogens is 1. The van der Waals surface area contributed by atoms with Gasteiger partial charge in [0.1, 0.15) is 5.69 Å². The van der Waals surface area contributed by atoms with Crippen molar-refractivity contribution in [3.05, 3.63) is 52.0 Å². The van der Waals surface area contributed by atoms with Crippen LogP contribution in [-0.2, 0) is 13.0 Å². The van der Waals surface area contributed by atoms with E-state index in [0.717, 1.165) is 29.8 Å². The minimum atomic E-state index is 0. The van der Waals surface area contributed by atoms with Crippen molar-refractivity contribution < 1.29 is 4.79 Å². The molecule has 2 aromatic rings. The van der Waals surface area contributed by atoms with Crippen LogP contribution in [0.4, 0.5) is 0 Å². The average molecular weight is 338 g/mol. The van der Waals surface area contributed by atoms with Crippen LogP contribution in [0.1, 0.15) is 33.9 Å². The van der Waals surface area contributed by atoms with Crippen molar-refractivity contribution in [2.24, 2.45) is 5.73 Å². The minimum Gasteiger partial charge on any atom is -0.330 e. The lowest BCUT2D eigenvalue weighted by Gasteiger charge is -2.21. The highest BCUT2D eigenvalue weighted by Crippen LogP contribution is 2.30. The first-order valence-electron chi connectivity index (χ1n) is 7.27. The number of hydrogen-bond donors (Lipinski definition) is 1. The quantitative estimate of drug-likeness (QED) is 0.881. The number of thiazole rings is 1. The molecule has 4 nitrogen and oxygen atoms in total. The highest BCUT2D eigenvalue weighted by atomic mass is 35.5. The highest BCUT2D eigenvalue weighted by molar-refractivity contribution is 7.09. The fourth-order valence-corrected chi connectivity index (χ4v) is 3.12. The van der Waals surface area contributed by atoms with Crippen molar-refractivity contribution >= 4 is 29.7 Å². The molecule has 0 unspecified atom stereocenters. The van der Waals surface area contributed by atoms with E-state index >= 15 is 0 Å². The highest BCUT2D eigenvalue weighted by Gasteiger charge is 2.33. The van der Waals surface area contributed by atoms with Crippen molar-refractivity contribution in [3.8, 4) is 0 Å². The molecule has 1 fully saturated rings. The van der Waals surface area contributed by atoms with Crippen LogP contribution in [0.15, 0.2) is 35.7 Å². The van der Waals surface area contributed by atoms with Gasteiger partial charge in [-0.3, -0.25) is 4.79 Å². The van der Waals surface area contributed by atoms with Crippen LogP contribution >= 0.6 is 23.7 Å². The van der Waals surface area contributed by atoms with Crippen LogP contribution in [0.3, 0.4) is 0 Å². The Morgan fingerprint density at radius 1 is 1.32 bits per heavy atom. The van der Waals surface area contributed by atoms with E-state index in [1.165, 1.54) is 11.3 Å². The molecule has 1 amide bonds. The topological polar surface area (TPSA) is 59.2 Å². The summed E-state index contributed by atoms with van der Waals surface area (Å²) in [6.07, 6.45) is 2.93. The van der Waals surface area contributed by atoms with Gasteiger partial charge in [0.2, 0.25) is 0 Å². The van der Waals surface area contributed by atoms with Gasteiger partial charge >= 0.3 is 0 Å². The number of hydrogen-bond acceptors (Lipinski definition) is 4. The zero-order chi connectivity index (χ0) is 14.7. The number of benzene rings is 1. The molecule has 0 saturated heterocycles. The van der Waals surface area contributed by atoms with Gasteiger partial charge in [-0.1, -0.05) is 30.3 Å². The van der Waals surface area contributed by atoms with Gasteiger partial charge < -0.3 is 10.6 Å². The van der Waals surface area contributed by atoms with Gasteiger partial charge in [-0.2, -0.15) is 0 Å². The molecule has 1 saturated carbocycles. The zero-order valence-corrected chi connectivity index (χ0v) is 13.9. The summed E-state index contributed by atoms with van der Waals surface area (Å²) in [4.78, 5) is 19.1. The molecule has 2 N–H and O–H groups in total. The molecule has 0 atom stereocenters. The van der Waals surface area contributed by atoms with Crippen LogP contribution in [0.2, 0.25) is 0 Å². The van der Waals surface area contributed by atoms with E-state index < -0.39 is 0 Å². The Morgan fingerprint density at radius 3 is 2.68 bits per heavy atom. The summed E-state index contributed by atoms with van der Waals surface area (Å²) in [6.45, 7) is 1.23. The predicted octanol–water partition coefficient (Wildman–Crippen LogP) is 2.87. The molecule has 118 valence electrons. The number of halogens is 1. The van der Waals surface area contributed by atoms with E-state index in [2.05, 4.69) is 17.1 Å². The van der Waals surface area contributed by atoms with Crippen molar-refractivity contribution in [2.45, 2.75) is 31.8 Å². The third kappa shape index (κ3) is 4.06. The second-order valence-electron chi connectivity index (χ2n) is 5.31. The molecular weight excluding hydrogens is 318 g/mol. The molecule has 1 aliphatic carbocycles. The van der Waals surface area contributed by atoms with Crippen molar-refractivity contribution in [1.29, 1.82) is 0 Å². The van der Waals surface area contributed by atoms with Crippen LogP contribution in [0.5, 0.6) is 0 Å². The molecule has 0 radical (unpaired) electrons. The first-order chi connectivity index (χ1) is 10.3. The fraction of sp³-hybridized carbons (Fsp3) is 0.375. The van der Waals surface area contributed by atoms with E-state index in [-0.39, 0.29) is 18.3 Å². The Balaban J connectivity index is 0.00000176. The number of nitrogens with two attached hydrogens (primary N) is 1. The third-order valence-corrected chi connectivity index (χ3v) is 4.48. The van der Waals surface area contributed by atoms with E-state index in [1.807, 2.05) is 28.5 Å². The third-order valence-electron chi connectivity index (χ3n) is 3.57. The summed E-state index contributed by atoms with van der Waals surface area (Å²) in [6, 6.07) is 10.5. The molecule has 1 aliphatic rings. The summed E-state index contributed by atoms with van der Waals surface area (Å²) >= 11 is 1.52. The molecule has 22 heavy (non-hydrogen) atoms. The number of rotatable bonds is 6. The molecule has 3 rings (SSSR count). The van der Waals surface area contributed by atoms with Crippen LogP contribution in [0, 0.1) is 0 Å². The maximum atomic E-state index is 12.7. The lowest BCUT2D eigenvalue weighted by molar-refractivity contribution is 0.0724. The predicted molar refractivity (Wildman–Crippen MR) is 91.5 cm³/mol. The monoisotopic (exact) mass is 337 g/mol. The Kier molecular flexibility index (Phi) is 5.94. The van der Waals surface area contributed by atoms with Gasteiger partial charge in [-0.05, 0) is 24.9 Å². The smallest absolute Gasteiger partial charge is 0.273 e. The largest absolute Gasteiger partial charge is 0.330 e. The van der Waals surface area contributed by atoms with Crippen molar-refractivity contribution in [3.63, 3.8) is 0 Å². The second-order valence-corrected chi connectivity index (χ2v) is 6.26. The number of carbonyl (C=O) groups is 1. The maximum absolute atomic E-state index is 12.7. The Morgan fingerprint density at radius 2 is 2.05 bits per heavy atom. The van der Waals surface area contributed by atoms with Gasteiger partial charge in [0.05, 0.1) is 5.01 Å². The van der Waals surface area contributed by atoms with Crippen LogP contribution < -0.4 is 5.73 Å². The minimum absolute atomic E-state index is 0. The summed E-state index contributed by atoms with van der Waals surface area (Å²) in [5.74, 6) is 0.0425. The number of carbonyl (C=O) groups excluding carboxylic acids is 1. The van der Waals surface area contributed by atoms with Crippen molar-refractivity contribution in [2.75, 3.05) is 6.54 Å². The summed E-state index contributed by atoms with van der Waals surface area (Å²) < 4.78 is 0. The Hall–Kier alpha value is -1.43. The first kappa shape index (κ1) is 16.9. The van der Waals surface area contributed by atoms with Gasteiger partial charge in [-0.15, -0.1) is 23.7 Å². The molecule has 0 spiro atoms. The lowest BCUT2D eigenvalue weighted by atomic mass is 10.2. The zero-order valence-electron chi connectivity index (χ0n) is 12.3. The Bertz CT molecular complexity index is 613. The molecule has 0 bridgehead atoms. The lowest BCUT2D eigenvalue weighted by Crippen LogP contribution is -2.32. The molecule has 1 aromatic heterocycles. The number of amides is 1. The van der Waals surface area contributed by atoms with E-state index in [9.17, 15) is 4.79 Å². The van der Waals surface area contributed by atoms with Gasteiger partial charge in [0.15, 0.2) is 0 Å². The summed E-state index contributed by atoms with van der Waals surface area (Å²) in [5.41, 5.74) is 7.26. The van der Waals surface area contributed by atoms with E-state index in [4.69, 9.17) is 5.73 Å². The SMILES string of the molecule is Cl.NCCc1nc(C(=O)N(Cc2ccccc2)C2CC2)cs1. The van der Waals surface area contributed by atoms with Crippen molar-refractivity contribution in [1.82, 2.24) is 9.88 Å². The Labute approximate surface area is 140 Å². The second kappa shape index (κ2) is 7.72. The molecule has 0 aliphatic heterocycles. The van der Waals surface area contributed by atoms with Gasteiger partial charge in [-0.25, -0.2) is 4.98 Å². The molecule has 1 aromatic carbocycles. The van der Waals surface area contributed by atoms with Gasteiger partial charge in [0.25, 0.3) is 5.91 Å².